The van der Waals surface area contributed by atoms with Crippen molar-refractivity contribution in [1.29, 1.82) is 0 Å². The highest BCUT2D eigenvalue weighted by molar-refractivity contribution is 14.0. The van der Waals surface area contributed by atoms with Gasteiger partial charge in [-0.05, 0) is 48.7 Å². The fourth-order valence-corrected chi connectivity index (χ4v) is 3.86. The van der Waals surface area contributed by atoms with Crippen molar-refractivity contribution in [2.45, 2.75) is 32.5 Å². The second-order valence-corrected chi connectivity index (χ2v) is 7.68. The quantitative estimate of drug-likeness (QED) is 0.276. The van der Waals surface area contributed by atoms with E-state index in [1.165, 1.54) is 42.6 Å². The Morgan fingerprint density at radius 3 is 2.39 bits per heavy atom. The number of halogens is 1. The van der Waals surface area contributed by atoms with Crippen molar-refractivity contribution < 1.29 is 0 Å². The number of aliphatic imine (C=N–C) groups is 1. The minimum atomic E-state index is 0. The van der Waals surface area contributed by atoms with Gasteiger partial charge in [0.1, 0.15) is 0 Å². The second-order valence-electron chi connectivity index (χ2n) is 7.68. The van der Waals surface area contributed by atoms with Crippen LogP contribution in [0.5, 0.6) is 0 Å². The number of hydrogen-bond donors (Lipinski definition) is 2. The van der Waals surface area contributed by atoms with Crippen molar-refractivity contribution in [3.8, 4) is 5.69 Å². The molecule has 1 aliphatic heterocycles. The van der Waals surface area contributed by atoms with E-state index in [4.69, 9.17) is 0 Å². The third-order valence-corrected chi connectivity index (χ3v) is 5.53. The van der Waals surface area contributed by atoms with E-state index < -0.39 is 0 Å². The van der Waals surface area contributed by atoms with Crippen molar-refractivity contribution in [3.63, 3.8) is 0 Å². The first-order chi connectivity index (χ1) is 14.8. The molecule has 2 aromatic carbocycles. The Morgan fingerprint density at radius 2 is 1.68 bits per heavy atom. The molecule has 1 fully saturated rings. The van der Waals surface area contributed by atoms with E-state index >= 15 is 0 Å². The summed E-state index contributed by atoms with van der Waals surface area (Å²) in [5.74, 6) is 0.788. The molecule has 0 amide bonds. The van der Waals surface area contributed by atoms with Gasteiger partial charge in [0.25, 0.3) is 0 Å². The van der Waals surface area contributed by atoms with E-state index in [0.29, 0.717) is 6.54 Å². The van der Waals surface area contributed by atoms with Crippen molar-refractivity contribution in [2.75, 3.05) is 20.1 Å². The lowest BCUT2D eigenvalue weighted by Gasteiger charge is -2.16. The van der Waals surface area contributed by atoms with Gasteiger partial charge >= 0.3 is 0 Å². The van der Waals surface area contributed by atoms with Gasteiger partial charge in [0.2, 0.25) is 0 Å². The monoisotopic (exact) mass is 530 g/mol. The van der Waals surface area contributed by atoms with Crippen LogP contribution in [-0.4, -0.2) is 40.5 Å². The molecule has 0 spiro atoms. The molecule has 1 saturated heterocycles. The Labute approximate surface area is 201 Å². The number of benzene rings is 2. The molecule has 1 aromatic heterocycles. The number of hydrogen-bond acceptors (Lipinski definition) is 3. The van der Waals surface area contributed by atoms with E-state index in [1.54, 1.807) is 13.2 Å². The number of likely N-dealkylation sites (tertiary alicyclic amines) is 1. The number of nitrogens with one attached hydrogen (secondary N) is 2. The predicted molar refractivity (Wildman–Crippen MR) is 137 cm³/mol. The molecule has 7 heteroatoms. The van der Waals surface area contributed by atoms with Crippen LogP contribution in [0.3, 0.4) is 0 Å². The lowest BCUT2D eigenvalue weighted by atomic mass is 10.1. The van der Waals surface area contributed by atoms with Crippen molar-refractivity contribution in [1.82, 2.24) is 25.1 Å². The van der Waals surface area contributed by atoms with Gasteiger partial charge in [0.05, 0.1) is 12.0 Å². The fourth-order valence-electron chi connectivity index (χ4n) is 3.86. The van der Waals surface area contributed by atoms with Gasteiger partial charge in [-0.3, -0.25) is 9.89 Å². The first-order valence-electron chi connectivity index (χ1n) is 10.6. The molecule has 2 heterocycles. The third-order valence-electron chi connectivity index (χ3n) is 5.53. The topological polar surface area (TPSA) is 57.5 Å². The Morgan fingerprint density at radius 1 is 0.968 bits per heavy atom. The molecule has 3 aromatic rings. The Bertz CT molecular complexity index is 946. The average molecular weight is 530 g/mol. The second kappa shape index (κ2) is 11.9. The summed E-state index contributed by atoms with van der Waals surface area (Å²) in [6, 6.07) is 17.2. The van der Waals surface area contributed by atoms with Gasteiger partial charge in [-0.15, -0.1) is 24.0 Å². The number of rotatable bonds is 7. The predicted octanol–water partition coefficient (Wildman–Crippen LogP) is 3.95. The minimum Gasteiger partial charge on any atom is -0.352 e. The zero-order chi connectivity index (χ0) is 20.6. The number of guanidine groups is 1. The van der Waals surface area contributed by atoms with Crippen molar-refractivity contribution in [2.24, 2.45) is 4.99 Å². The first-order valence-corrected chi connectivity index (χ1v) is 10.6. The molecule has 0 saturated carbocycles. The highest BCUT2D eigenvalue weighted by atomic mass is 127. The molecule has 0 unspecified atom stereocenters. The molecular weight excluding hydrogens is 499 g/mol. The molecule has 2 N–H and O–H groups in total. The molecule has 0 aliphatic carbocycles. The Kier molecular flexibility index (Phi) is 8.90. The zero-order valence-corrected chi connectivity index (χ0v) is 20.3. The molecule has 31 heavy (non-hydrogen) atoms. The number of para-hydroxylation sites is 1. The van der Waals surface area contributed by atoms with Gasteiger partial charge in [0.15, 0.2) is 5.96 Å². The van der Waals surface area contributed by atoms with Crippen molar-refractivity contribution >= 4 is 29.9 Å². The van der Waals surface area contributed by atoms with E-state index in [9.17, 15) is 0 Å². The smallest absolute Gasteiger partial charge is 0.191 e. The molecule has 0 bridgehead atoms. The van der Waals surface area contributed by atoms with Crippen molar-refractivity contribution in [3.05, 3.63) is 83.9 Å². The Balaban J connectivity index is 0.00000272. The van der Waals surface area contributed by atoms with E-state index in [1.807, 2.05) is 23.2 Å². The zero-order valence-electron chi connectivity index (χ0n) is 18.0. The molecular formula is C24H31IN6. The number of imidazole rings is 1. The van der Waals surface area contributed by atoms with Gasteiger partial charge in [-0.1, -0.05) is 42.5 Å². The van der Waals surface area contributed by atoms with Crippen LogP contribution in [0.25, 0.3) is 5.69 Å². The summed E-state index contributed by atoms with van der Waals surface area (Å²) >= 11 is 0. The molecule has 0 atom stereocenters. The third kappa shape index (κ3) is 6.54. The minimum absolute atomic E-state index is 0. The SMILES string of the molecule is CN=C(NCc1ccc(CN2CCCC2)cc1)NCc1ccccc1-n1ccnc1.I. The van der Waals surface area contributed by atoms with Gasteiger partial charge in [-0.25, -0.2) is 4.98 Å². The maximum absolute atomic E-state index is 4.37. The lowest BCUT2D eigenvalue weighted by molar-refractivity contribution is 0.331. The van der Waals surface area contributed by atoms with Crippen LogP contribution in [0.15, 0.2) is 72.2 Å². The summed E-state index contributed by atoms with van der Waals surface area (Å²) in [5.41, 5.74) is 4.94. The summed E-state index contributed by atoms with van der Waals surface area (Å²) in [5, 5.41) is 6.83. The Hall–Kier alpha value is -2.39. The van der Waals surface area contributed by atoms with Crippen LogP contribution in [0, 0.1) is 0 Å². The summed E-state index contributed by atoms with van der Waals surface area (Å²) in [6.45, 7) is 4.95. The summed E-state index contributed by atoms with van der Waals surface area (Å²) < 4.78 is 2.02. The number of nitrogens with zero attached hydrogens (tertiary/aromatic N) is 4. The van der Waals surface area contributed by atoms with Crippen LogP contribution in [-0.2, 0) is 19.6 Å². The van der Waals surface area contributed by atoms with Gasteiger partial charge < -0.3 is 15.2 Å². The van der Waals surface area contributed by atoms with Gasteiger partial charge in [0, 0.05) is 39.1 Å². The van der Waals surface area contributed by atoms with Crippen LogP contribution >= 0.6 is 24.0 Å². The highest BCUT2D eigenvalue weighted by Crippen LogP contribution is 2.14. The average Bonchev–Trinajstić information content (AvgIpc) is 3.50. The van der Waals surface area contributed by atoms with Crippen LogP contribution < -0.4 is 10.6 Å². The molecule has 6 nitrogen and oxygen atoms in total. The summed E-state index contributed by atoms with van der Waals surface area (Å²) in [7, 11) is 1.80. The first kappa shape index (κ1) is 23.3. The standard InChI is InChI=1S/C24H30N6.HI/c1-25-24(28-17-22-6-2-3-7-23(22)30-15-12-26-19-30)27-16-20-8-10-21(11-9-20)18-29-13-4-5-14-29;/h2-3,6-12,15,19H,4-5,13-14,16-18H2,1H3,(H2,25,27,28);1H. The fraction of sp³-hybridized carbons (Fsp3) is 0.333. The molecule has 4 rings (SSSR count). The van der Waals surface area contributed by atoms with Crippen LogP contribution in [0.2, 0.25) is 0 Å². The summed E-state index contributed by atoms with van der Waals surface area (Å²) in [4.78, 5) is 11.0. The summed E-state index contributed by atoms with van der Waals surface area (Å²) in [6.07, 6.45) is 8.24. The van der Waals surface area contributed by atoms with E-state index in [-0.39, 0.29) is 24.0 Å². The van der Waals surface area contributed by atoms with Crippen LogP contribution in [0.4, 0.5) is 0 Å². The van der Waals surface area contributed by atoms with E-state index in [2.05, 4.69) is 68.0 Å². The number of aromatic nitrogens is 2. The largest absolute Gasteiger partial charge is 0.352 e. The lowest BCUT2D eigenvalue weighted by Crippen LogP contribution is -2.36. The highest BCUT2D eigenvalue weighted by Gasteiger charge is 2.11. The van der Waals surface area contributed by atoms with E-state index in [0.717, 1.165) is 24.7 Å². The molecule has 0 radical (unpaired) electrons. The normalized spacial score (nSPS) is 14.3. The van der Waals surface area contributed by atoms with Gasteiger partial charge in [-0.2, -0.15) is 0 Å². The maximum atomic E-state index is 4.37. The molecule has 164 valence electrons. The van der Waals surface area contributed by atoms with Crippen LogP contribution in [0.1, 0.15) is 29.5 Å². The maximum Gasteiger partial charge on any atom is 0.191 e. The molecule has 1 aliphatic rings.